The predicted octanol–water partition coefficient (Wildman–Crippen LogP) is -0.795. The molecule has 0 bridgehead atoms. The summed E-state index contributed by atoms with van der Waals surface area (Å²) in [5, 5.41) is 18.0. The van der Waals surface area contributed by atoms with Crippen LogP contribution in [-0.4, -0.2) is 40.4 Å². The lowest BCUT2D eigenvalue weighted by Crippen LogP contribution is -2.22. The zero-order valence-electron chi connectivity index (χ0n) is 5.49. The molecule has 0 aliphatic carbocycles. The number of β-amino-alcohol motifs (C(OH)–C–C–N with tert-alkyl or cyclic N) is 2. The molecule has 53 valence electrons. The molecule has 3 nitrogen and oxygen atoms in total. The minimum atomic E-state index is -0.554. The van der Waals surface area contributed by atoms with Gasteiger partial charge in [0.2, 0.25) is 0 Å². The third kappa shape index (κ3) is 1.41. The fraction of sp³-hybridized carbons (Fsp3) is 0.833. The highest BCUT2D eigenvalue weighted by Crippen LogP contribution is 2.09. The van der Waals surface area contributed by atoms with Crippen LogP contribution in [0.3, 0.4) is 0 Å². The zero-order valence-corrected chi connectivity index (χ0v) is 5.49. The lowest BCUT2D eigenvalue weighted by atomic mass is 10.3. The second-order valence-electron chi connectivity index (χ2n) is 2.35. The van der Waals surface area contributed by atoms with Crippen LogP contribution in [0.25, 0.3) is 0 Å². The molecule has 1 heterocycles. The number of aliphatic hydroxyl groups excluding tert-OH is 2. The Labute approximate surface area is 54.9 Å². The topological polar surface area (TPSA) is 43.7 Å². The summed E-state index contributed by atoms with van der Waals surface area (Å²) < 4.78 is 0. The fourth-order valence-corrected chi connectivity index (χ4v) is 1.01. The van der Waals surface area contributed by atoms with E-state index < -0.39 is 12.2 Å². The van der Waals surface area contributed by atoms with Crippen molar-refractivity contribution in [1.82, 2.24) is 4.90 Å². The SMILES string of the molecule is C[CH]N1C[C@H](O)[C@@H](O)C1. The van der Waals surface area contributed by atoms with Crippen molar-refractivity contribution in [3.63, 3.8) is 0 Å². The highest BCUT2D eigenvalue weighted by atomic mass is 16.3. The van der Waals surface area contributed by atoms with Crippen molar-refractivity contribution >= 4 is 0 Å². The van der Waals surface area contributed by atoms with Gasteiger partial charge >= 0.3 is 0 Å². The van der Waals surface area contributed by atoms with Crippen molar-refractivity contribution in [1.29, 1.82) is 0 Å². The summed E-state index contributed by atoms with van der Waals surface area (Å²) in [6.45, 7) is 4.90. The van der Waals surface area contributed by atoms with Crippen molar-refractivity contribution in [3.8, 4) is 0 Å². The molecule has 3 heteroatoms. The highest BCUT2D eigenvalue weighted by molar-refractivity contribution is 4.85. The summed E-state index contributed by atoms with van der Waals surface area (Å²) in [7, 11) is 0. The number of rotatable bonds is 1. The normalized spacial score (nSPS) is 37.7. The van der Waals surface area contributed by atoms with Crippen LogP contribution in [0.2, 0.25) is 0 Å². The van der Waals surface area contributed by atoms with E-state index in [0.29, 0.717) is 13.1 Å². The summed E-state index contributed by atoms with van der Waals surface area (Å²) in [6.07, 6.45) is -1.11. The summed E-state index contributed by atoms with van der Waals surface area (Å²) in [4.78, 5) is 1.90. The minimum Gasteiger partial charge on any atom is -0.389 e. The van der Waals surface area contributed by atoms with Crippen LogP contribution < -0.4 is 0 Å². The van der Waals surface area contributed by atoms with Crippen molar-refractivity contribution in [3.05, 3.63) is 6.54 Å². The molecule has 0 aromatic carbocycles. The Kier molecular flexibility index (Phi) is 2.05. The van der Waals surface area contributed by atoms with Crippen molar-refractivity contribution in [2.24, 2.45) is 0 Å². The molecular formula is C6H12NO2. The first-order valence-electron chi connectivity index (χ1n) is 3.13. The average molecular weight is 130 g/mol. The number of nitrogens with zero attached hydrogens (tertiary/aromatic N) is 1. The Morgan fingerprint density at radius 3 is 2.00 bits per heavy atom. The largest absolute Gasteiger partial charge is 0.389 e. The Hall–Kier alpha value is -0.120. The lowest BCUT2D eigenvalue weighted by molar-refractivity contribution is 0.0572. The Bertz CT molecular complexity index is 87.1. The van der Waals surface area contributed by atoms with Gasteiger partial charge < -0.3 is 10.2 Å². The van der Waals surface area contributed by atoms with Crippen LogP contribution in [0, 0.1) is 6.54 Å². The number of hydrogen-bond donors (Lipinski definition) is 2. The molecule has 0 saturated carbocycles. The van der Waals surface area contributed by atoms with Gasteiger partial charge in [-0.25, -0.2) is 0 Å². The summed E-state index contributed by atoms with van der Waals surface area (Å²) in [6, 6.07) is 0. The molecule has 1 aliphatic rings. The van der Waals surface area contributed by atoms with Gasteiger partial charge in [0.15, 0.2) is 0 Å². The first-order chi connectivity index (χ1) is 4.24. The minimum absolute atomic E-state index is 0.554. The average Bonchev–Trinajstić information content (AvgIpc) is 2.13. The van der Waals surface area contributed by atoms with Crippen LogP contribution in [0.5, 0.6) is 0 Å². The molecule has 9 heavy (non-hydrogen) atoms. The third-order valence-electron chi connectivity index (χ3n) is 1.65. The highest BCUT2D eigenvalue weighted by Gasteiger charge is 2.27. The maximum atomic E-state index is 8.99. The van der Waals surface area contributed by atoms with E-state index in [2.05, 4.69) is 0 Å². The molecule has 1 fully saturated rings. The van der Waals surface area contributed by atoms with Gasteiger partial charge in [-0.05, 0) is 6.92 Å². The molecule has 1 rings (SSSR count). The van der Waals surface area contributed by atoms with E-state index in [1.807, 2.05) is 18.4 Å². The van der Waals surface area contributed by atoms with Gasteiger partial charge in [0.1, 0.15) is 0 Å². The van der Waals surface area contributed by atoms with Gasteiger partial charge in [-0.3, -0.25) is 4.90 Å². The van der Waals surface area contributed by atoms with Gasteiger partial charge in [0, 0.05) is 19.6 Å². The van der Waals surface area contributed by atoms with Crippen LogP contribution in [0.15, 0.2) is 0 Å². The molecule has 2 atom stereocenters. The second kappa shape index (κ2) is 2.64. The van der Waals surface area contributed by atoms with Crippen molar-refractivity contribution in [2.75, 3.05) is 13.1 Å². The Morgan fingerprint density at radius 1 is 1.33 bits per heavy atom. The Morgan fingerprint density at radius 2 is 1.78 bits per heavy atom. The van der Waals surface area contributed by atoms with E-state index in [0.717, 1.165) is 0 Å². The monoisotopic (exact) mass is 130 g/mol. The van der Waals surface area contributed by atoms with Crippen LogP contribution in [-0.2, 0) is 0 Å². The first-order valence-corrected chi connectivity index (χ1v) is 3.13. The maximum absolute atomic E-state index is 8.99. The van der Waals surface area contributed by atoms with Gasteiger partial charge in [0.05, 0.1) is 12.2 Å². The van der Waals surface area contributed by atoms with Crippen LogP contribution in [0.1, 0.15) is 6.92 Å². The predicted molar refractivity (Wildman–Crippen MR) is 33.6 cm³/mol. The summed E-state index contributed by atoms with van der Waals surface area (Å²) >= 11 is 0. The molecule has 2 N–H and O–H groups in total. The molecule has 1 radical (unpaired) electrons. The van der Waals surface area contributed by atoms with Crippen LogP contribution >= 0.6 is 0 Å². The van der Waals surface area contributed by atoms with Gasteiger partial charge in [-0.2, -0.15) is 0 Å². The number of likely N-dealkylation sites (tertiary alicyclic amines) is 1. The standard InChI is InChI=1S/C6H12NO2/c1-2-7-3-5(8)6(9)4-7/h2,5-6,8-9H,3-4H2,1H3/t5-,6-/m0/s1. The van der Waals surface area contributed by atoms with Gasteiger partial charge in [-0.15, -0.1) is 0 Å². The smallest absolute Gasteiger partial charge is 0.0938 e. The van der Waals surface area contributed by atoms with E-state index in [9.17, 15) is 0 Å². The number of aliphatic hydroxyl groups is 2. The summed E-state index contributed by atoms with van der Waals surface area (Å²) in [5.74, 6) is 0. The fourth-order valence-electron chi connectivity index (χ4n) is 1.01. The number of hydrogen-bond acceptors (Lipinski definition) is 3. The quantitative estimate of drug-likeness (QED) is 0.488. The molecular weight excluding hydrogens is 118 g/mol. The Balaban J connectivity index is 2.35. The van der Waals surface area contributed by atoms with E-state index in [1.54, 1.807) is 0 Å². The van der Waals surface area contributed by atoms with Crippen molar-refractivity contribution in [2.45, 2.75) is 19.1 Å². The molecule has 0 aromatic heterocycles. The van der Waals surface area contributed by atoms with E-state index in [1.165, 1.54) is 0 Å². The molecule has 1 aliphatic heterocycles. The third-order valence-corrected chi connectivity index (χ3v) is 1.65. The molecule has 1 saturated heterocycles. The van der Waals surface area contributed by atoms with E-state index in [-0.39, 0.29) is 0 Å². The van der Waals surface area contributed by atoms with Crippen molar-refractivity contribution < 1.29 is 10.2 Å². The first kappa shape index (κ1) is 6.99. The maximum Gasteiger partial charge on any atom is 0.0938 e. The van der Waals surface area contributed by atoms with E-state index in [4.69, 9.17) is 10.2 Å². The molecule has 0 aromatic rings. The second-order valence-corrected chi connectivity index (χ2v) is 2.35. The van der Waals surface area contributed by atoms with Crippen LogP contribution in [0.4, 0.5) is 0 Å². The van der Waals surface area contributed by atoms with E-state index >= 15 is 0 Å². The zero-order chi connectivity index (χ0) is 6.85. The molecule has 0 unspecified atom stereocenters. The molecule has 0 amide bonds. The van der Waals surface area contributed by atoms with Gasteiger partial charge in [-0.1, -0.05) is 0 Å². The molecule has 0 spiro atoms. The van der Waals surface area contributed by atoms with Gasteiger partial charge in [0.25, 0.3) is 0 Å². The summed E-state index contributed by atoms with van der Waals surface area (Å²) in [5.41, 5.74) is 0. The lowest BCUT2D eigenvalue weighted by Gasteiger charge is -2.08.